The van der Waals surface area contributed by atoms with Crippen LogP contribution in [0.3, 0.4) is 0 Å². The van der Waals surface area contributed by atoms with E-state index in [9.17, 15) is 9.18 Å². The summed E-state index contributed by atoms with van der Waals surface area (Å²) in [4.78, 5) is 11.2. The largest absolute Gasteiger partial charge is 0.466 e. The SMILES string of the molecule is CCOC(=O)Cc1ccc(F)c(Br)c1N. The Hall–Kier alpha value is -1.10. The molecule has 15 heavy (non-hydrogen) atoms. The van der Waals surface area contributed by atoms with Gasteiger partial charge in [0, 0.05) is 0 Å². The van der Waals surface area contributed by atoms with E-state index in [2.05, 4.69) is 15.9 Å². The van der Waals surface area contributed by atoms with Crippen LogP contribution in [0, 0.1) is 5.82 Å². The second kappa shape index (κ2) is 5.11. The highest BCUT2D eigenvalue weighted by Crippen LogP contribution is 2.26. The fourth-order valence-electron chi connectivity index (χ4n) is 1.13. The number of nitrogens with two attached hydrogens (primary N) is 1. The number of anilines is 1. The number of nitrogen functional groups attached to an aromatic ring is 1. The lowest BCUT2D eigenvalue weighted by atomic mass is 10.1. The first-order valence-corrected chi connectivity index (χ1v) is 5.23. The monoisotopic (exact) mass is 275 g/mol. The van der Waals surface area contributed by atoms with Crippen LogP contribution in [0.2, 0.25) is 0 Å². The third-order valence-corrected chi connectivity index (χ3v) is 2.67. The van der Waals surface area contributed by atoms with E-state index in [1.807, 2.05) is 0 Å². The zero-order chi connectivity index (χ0) is 11.4. The fourth-order valence-corrected chi connectivity index (χ4v) is 1.51. The van der Waals surface area contributed by atoms with Crippen molar-refractivity contribution in [3.63, 3.8) is 0 Å². The summed E-state index contributed by atoms with van der Waals surface area (Å²) < 4.78 is 18.0. The van der Waals surface area contributed by atoms with Gasteiger partial charge in [0.2, 0.25) is 0 Å². The third-order valence-electron chi connectivity index (χ3n) is 1.86. The van der Waals surface area contributed by atoms with Crippen LogP contribution in [0.4, 0.5) is 10.1 Å². The Morgan fingerprint density at radius 2 is 2.27 bits per heavy atom. The van der Waals surface area contributed by atoms with Gasteiger partial charge in [0.25, 0.3) is 0 Å². The maximum absolute atomic E-state index is 13.0. The minimum absolute atomic E-state index is 0.0541. The van der Waals surface area contributed by atoms with Crippen LogP contribution in [0.1, 0.15) is 12.5 Å². The van der Waals surface area contributed by atoms with Gasteiger partial charge in [0.15, 0.2) is 0 Å². The molecule has 3 nitrogen and oxygen atoms in total. The van der Waals surface area contributed by atoms with Crippen molar-refractivity contribution in [2.24, 2.45) is 0 Å². The first-order valence-electron chi connectivity index (χ1n) is 4.44. The average molecular weight is 276 g/mol. The molecule has 0 fully saturated rings. The molecule has 0 unspecified atom stereocenters. The lowest BCUT2D eigenvalue weighted by Crippen LogP contribution is -2.09. The van der Waals surface area contributed by atoms with Crippen LogP contribution < -0.4 is 5.73 Å². The Bertz CT molecular complexity index is 382. The topological polar surface area (TPSA) is 52.3 Å². The van der Waals surface area contributed by atoms with Crippen LogP contribution >= 0.6 is 15.9 Å². The van der Waals surface area contributed by atoms with Crippen molar-refractivity contribution in [2.45, 2.75) is 13.3 Å². The van der Waals surface area contributed by atoms with Crippen molar-refractivity contribution in [1.29, 1.82) is 0 Å². The molecule has 0 aliphatic heterocycles. The number of halogens is 2. The quantitative estimate of drug-likeness (QED) is 0.680. The van der Waals surface area contributed by atoms with Gasteiger partial charge in [-0.25, -0.2) is 4.39 Å². The van der Waals surface area contributed by atoms with Gasteiger partial charge in [-0.3, -0.25) is 4.79 Å². The summed E-state index contributed by atoms with van der Waals surface area (Å²) in [5, 5.41) is 0. The second-order valence-corrected chi connectivity index (χ2v) is 3.71. The number of benzene rings is 1. The predicted octanol–water partition coefficient (Wildman–Crippen LogP) is 2.28. The normalized spacial score (nSPS) is 10.1. The number of hydrogen-bond donors (Lipinski definition) is 1. The molecule has 0 radical (unpaired) electrons. The summed E-state index contributed by atoms with van der Waals surface area (Å²) >= 11 is 3.01. The Balaban J connectivity index is 2.87. The molecule has 0 aliphatic rings. The average Bonchev–Trinajstić information content (AvgIpc) is 2.20. The van der Waals surface area contributed by atoms with E-state index in [4.69, 9.17) is 10.5 Å². The van der Waals surface area contributed by atoms with Crippen LogP contribution in [-0.4, -0.2) is 12.6 Å². The van der Waals surface area contributed by atoms with Crippen molar-refractivity contribution in [3.05, 3.63) is 28.0 Å². The van der Waals surface area contributed by atoms with Gasteiger partial charge < -0.3 is 10.5 Å². The standard InChI is InChI=1S/C10H11BrFNO2/c1-2-15-8(14)5-6-3-4-7(12)9(11)10(6)13/h3-4H,2,5,13H2,1H3. The highest BCUT2D eigenvalue weighted by molar-refractivity contribution is 9.10. The summed E-state index contributed by atoms with van der Waals surface area (Å²) in [5.41, 5.74) is 6.43. The van der Waals surface area contributed by atoms with E-state index in [-0.39, 0.29) is 22.6 Å². The van der Waals surface area contributed by atoms with Crippen LogP contribution in [-0.2, 0) is 16.0 Å². The summed E-state index contributed by atoms with van der Waals surface area (Å²) in [5.74, 6) is -0.817. The third kappa shape index (κ3) is 2.92. The Labute approximate surface area is 95.5 Å². The molecule has 0 heterocycles. The molecule has 0 aliphatic carbocycles. The molecule has 1 aromatic rings. The highest BCUT2D eigenvalue weighted by Gasteiger charge is 2.11. The number of carbonyl (C=O) groups excluding carboxylic acids is 1. The van der Waals surface area contributed by atoms with E-state index < -0.39 is 5.82 Å². The first-order chi connectivity index (χ1) is 7.06. The minimum Gasteiger partial charge on any atom is -0.466 e. The van der Waals surface area contributed by atoms with E-state index in [1.54, 1.807) is 6.92 Å². The number of esters is 1. The van der Waals surface area contributed by atoms with E-state index in [1.165, 1.54) is 12.1 Å². The minimum atomic E-state index is -0.444. The second-order valence-electron chi connectivity index (χ2n) is 2.92. The predicted molar refractivity (Wildman–Crippen MR) is 58.8 cm³/mol. The lowest BCUT2D eigenvalue weighted by Gasteiger charge is -2.07. The van der Waals surface area contributed by atoms with Crippen LogP contribution in [0.5, 0.6) is 0 Å². The molecule has 2 N–H and O–H groups in total. The van der Waals surface area contributed by atoms with Crippen molar-refractivity contribution in [1.82, 2.24) is 0 Å². The zero-order valence-corrected chi connectivity index (χ0v) is 9.80. The van der Waals surface area contributed by atoms with Crippen molar-refractivity contribution in [3.8, 4) is 0 Å². The van der Waals surface area contributed by atoms with Crippen molar-refractivity contribution < 1.29 is 13.9 Å². The summed E-state index contributed by atoms with van der Waals surface area (Å²) in [6.45, 7) is 2.04. The van der Waals surface area contributed by atoms with Gasteiger partial charge in [-0.15, -0.1) is 0 Å². The summed E-state index contributed by atoms with van der Waals surface area (Å²) in [6.07, 6.45) is 0.0541. The highest BCUT2D eigenvalue weighted by atomic mass is 79.9. The van der Waals surface area contributed by atoms with Crippen molar-refractivity contribution in [2.75, 3.05) is 12.3 Å². The summed E-state index contributed by atoms with van der Waals surface area (Å²) in [6, 6.07) is 2.74. The molecule has 0 amide bonds. The van der Waals surface area contributed by atoms with Gasteiger partial charge in [-0.05, 0) is 34.5 Å². The number of ether oxygens (including phenoxy) is 1. The van der Waals surface area contributed by atoms with Gasteiger partial charge in [0.05, 0.1) is 23.2 Å². The number of rotatable bonds is 3. The van der Waals surface area contributed by atoms with Gasteiger partial charge >= 0.3 is 5.97 Å². The number of hydrogen-bond acceptors (Lipinski definition) is 3. The molecule has 5 heteroatoms. The molecule has 1 aromatic carbocycles. The van der Waals surface area contributed by atoms with Crippen LogP contribution in [0.25, 0.3) is 0 Å². The number of carbonyl (C=O) groups is 1. The van der Waals surface area contributed by atoms with E-state index in [0.717, 1.165) is 0 Å². The van der Waals surface area contributed by atoms with Crippen LogP contribution in [0.15, 0.2) is 16.6 Å². The molecule has 0 atom stereocenters. The molecular weight excluding hydrogens is 265 g/mol. The molecule has 0 spiro atoms. The maximum atomic E-state index is 13.0. The van der Waals surface area contributed by atoms with Crippen molar-refractivity contribution >= 4 is 27.6 Å². The van der Waals surface area contributed by atoms with Gasteiger partial charge in [0.1, 0.15) is 5.82 Å². The molecule has 0 saturated heterocycles. The zero-order valence-electron chi connectivity index (χ0n) is 8.22. The van der Waals surface area contributed by atoms with Gasteiger partial charge in [-0.1, -0.05) is 6.07 Å². The Morgan fingerprint density at radius 3 is 2.87 bits per heavy atom. The molecular formula is C10H11BrFNO2. The van der Waals surface area contributed by atoms with E-state index in [0.29, 0.717) is 12.2 Å². The fraction of sp³-hybridized carbons (Fsp3) is 0.300. The molecule has 0 aromatic heterocycles. The van der Waals surface area contributed by atoms with Gasteiger partial charge in [-0.2, -0.15) is 0 Å². The molecule has 0 saturated carbocycles. The molecule has 1 rings (SSSR count). The first kappa shape index (κ1) is 12.0. The maximum Gasteiger partial charge on any atom is 0.310 e. The Morgan fingerprint density at radius 1 is 1.60 bits per heavy atom. The molecule has 0 bridgehead atoms. The smallest absolute Gasteiger partial charge is 0.310 e. The molecule has 82 valence electrons. The summed E-state index contributed by atoms with van der Waals surface area (Å²) in [7, 11) is 0. The lowest BCUT2D eigenvalue weighted by molar-refractivity contribution is -0.142. The van der Waals surface area contributed by atoms with E-state index >= 15 is 0 Å². The Kier molecular flexibility index (Phi) is 4.08.